The van der Waals surface area contributed by atoms with E-state index in [4.69, 9.17) is 11.5 Å². The van der Waals surface area contributed by atoms with E-state index >= 15 is 0 Å². The van der Waals surface area contributed by atoms with Crippen LogP contribution in [0, 0.1) is 5.92 Å². The zero-order valence-electron chi connectivity index (χ0n) is 20.5. The lowest BCUT2D eigenvalue weighted by Crippen LogP contribution is -2.61. The average Bonchev–Trinajstić information content (AvgIpc) is 3.27. The SMILES string of the molecule is CC(C)[C@H](NC(=O)[C@H](CO)NC(=O)[C@@H](NC(=O)[C@@H]1CCCN1C(=O)[C@@H](N)CC(N)=O)[C@@H](C)O)C(=O)O. The quantitative estimate of drug-likeness (QED) is 0.117. The molecule has 5 amide bonds. The normalized spacial score (nSPS) is 19.5. The highest BCUT2D eigenvalue weighted by atomic mass is 16.4. The molecule has 0 aromatic carbocycles. The van der Waals surface area contributed by atoms with Crippen LogP contribution >= 0.6 is 0 Å². The molecule has 0 bridgehead atoms. The van der Waals surface area contributed by atoms with Gasteiger partial charge in [-0.25, -0.2) is 4.79 Å². The van der Waals surface area contributed by atoms with E-state index in [2.05, 4.69) is 16.0 Å². The fourth-order valence-electron chi connectivity index (χ4n) is 3.70. The molecule has 0 radical (unpaired) electrons. The number of nitrogens with two attached hydrogens (primary N) is 2. The molecule has 204 valence electrons. The molecule has 15 nitrogen and oxygen atoms in total. The Morgan fingerprint density at radius 1 is 1.00 bits per heavy atom. The van der Waals surface area contributed by atoms with Gasteiger partial charge in [0.05, 0.1) is 25.2 Å². The second kappa shape index (κ2) is 13.7. The van der Waals surface area contributed by atoms with Crippen molar-refractivity contribution in [2.24, 2.45) is 17.4 Å². The molecule has 1 saturated heterocycles. The predicted molar refractivity (Wildman–Crippen MR) is 124 cm³/mol. The maximum atomic E-state index is 12.9. The Kier molecular flexibility index (Phi) is 11.7. The number of carbonyl (C=O) groups is 6. The third-order valence-electron chi connectivity index (χ3n) is 5.69. The van der Waals surface area contributed by atoms with Crippen molar-refractivity contribution in [3.8, 4) is 0 Å². The molecule has 1 aliphatic heterocycles. The summed E-state index contributed by atoms with van der Waals surface area (Å²) < 4.78 is 0. The van der Waals surface area contributed by atoms with E-state index in [9.17, 15) is 44.1 Å². The summed E-state index contributed by atoms with van der Waals surface area (Å²) >= 11 is 0. The van der Waals surface area contributed by atoms with E-state index in [-0.39, 0.29) is 13.0 Å². The van der Waals surface area contributed by atoms with Crippen molar-refractivity contribution in [3.05, 3.63) is 0 Å². The van der Waals surface area contributed by atoms with Gasteiger partial charge in [-0.15, -0.1) is 0 Å². The number of aliphatic hydroxyl groups excluding tert-OH is 2. The molecule has 0 spiro atoms. The summed E-state index contributed by atoms with van der Waals surface area (Å²) in [5.74, 6) is -6.01. The van der Waals surface area contributed by atoms with Gasteiger partial charge in [-0.05, 0) is 25.7 Å². The van der Waals surface area contributed by atoms with Crippen LogP contribution in [0.5, 0.6) is 0 Å². The fourth-order valence-corrected chi connectivity index (χ4v) is 3.70. The number of aliphatic carboxylic acids is 1. The fraction of sp³-hybridized carbons (Fsp3) is 0.714. The number of aliphatic hydroxyl groups is 2. The minimum Gasteiger partial charge on any atom is -0.480 e. The maximum absolute atomic E-state index is 12.9. The molecule has 0 aliphatic carbocycles. The number of primary amides is 1. The van der Waals surface area contributed by atoms with Crippen LogP contribution in [-0.4, -0.2) is 105 Å². The first-order valence-corrected chi connectivity index (χ1v) is 11.5. The van der Waals surface area contributed by atoms with Crippen LogP contribution in [0.2, 0.25) is 0 Å². The zero-order chi connectivity index (χ0) is 27.7. The molecule has 1 rings (SSSR count). The van der Waals surface area contributed by atoms with Crippen LogP contribution < -0.4 is 27.4 Å². The molecule has 0 saturated carbocycles. The molecule has 10 N–H and O–H groups in total. The molecular formula is C21H36N6O9. The number of carboxylic acids is 1. The highest BCUT2D eigenvalue weighted by Crippen LogP contribution is 2.19. The maximum Gasteiger partial charge on any atom is 0.326 e. The Balaban J connectivity index is 2.91. The van der Waals surface area contributed by atoms with Gasteiger partial charge in [0.15, 0.2) is 0 Å². The van der Waals surface area contributed by atoms with Crippen molar-refractivity contribution in [3.63, 3.8) is 0 Å². The number of carbonyl (C=O) groups excluding carboxylic acids is 5. The second-order valence-electron chi connectivity index (χ2n) is 9.01. The summed E-state index contributed by atoms with van der Waals surface area (Å²) in [6, 6.07) is -6.67. The van der Waals surface area contributed by atoms with Gasteiger partial charge >= 0.3 is 5.97 Å². The number of nitrogens with one attached hydrogen (secondary N) is 3. The van der Waals surface area contributed by atoms with Gasteiger partial charge in [0.2, 0.25) is 29.5 Å². The predicted octanol–water partition coefficient (Wildman–Crippen LogP) is -4.25. The Morgan fingerprint density at radius 3 is 2.08 bits per heavy atom. The van der Waals surface area contributed by atoms with Crippen LogP contribution in [0.15, 0.2) is 0 Å². The Hall–Kier alpha value is -3.30. The molecule has 6 atom stereocenters. The summed E-state index contributed by atoms with van der Waals surface area (Å²) in [6.07, 6.45) is -1.16. The minimum atomic E-state index is -1.57. The van der Waals surface area contributed by atoms with Crippen molar-refractivity contribution in [2.75, 3.05) is 13.2 Å². The van der Waals surface area contributed by atoms with E-state index < -0.39 is 90.8 Å². The van der Waals surface area contributed by atoms with E-state index in [0.717, 1.165) is 0 Å². The topological polar surface area (TPSA) is 254 Å². The number of likely N-dealkylation sites (tertiary alicyclic amines) is 1. The molecule has 0 unspecified atom stereocenters. The smallest absolute Gasteiger partial charge is 0.326 e. The largest absolute Gasteiger partial charge is 0.480 e. The Labute approximate surface area is 207 Å². The first-order chi connectivity index (χ1) is 16.7. The number of carboxylic acid groups (broad SMARTS) is 1. The van der Waals surface area contributed by atoms with Gasteiger partial charge in [-0.1, -0.05) is 13.8 Å². The Morgan fingerprint density at radius 2 is 1.61 bits per heavy atom. The van der Waals surface area contributed by atoms with Gasteiger partial charge in [-0.3, -0.25) is 24.0 Å². The standard InChI is InChI=1S/C21H36N6O9/c1-9(2)15(21(35)36)25-17(31)12(8-28)24-19(33)16(10(3)29)26-18(32)13-5-4-6-27(13)20(34)11(22)7-14(23)30/h9-13,15-16,28-29H,4-8,22H2,1-3H3,(H2,23,30)(H,24,33)(H,25,31)(H,26,32)(H,35,36)/t10-,11+,12+,13+,15+,16+/m1/s1. The third-order valence-corrected chi connectivity index (χ3v) is 5.69. The number of hydrogen-bond acceptors (Lipinski definition) is 9. The molecule has 1 aliphatic rings. The average molecular weight is 517 g/mol. The van der Waals surface area contributed by atoms with Crippen LogP contribution in [-0.2, 0) is 28.8 Å². The summed E-state index contributed by atoms with van der Waals surface area (Å²) in [5.41, 5.74) is 10.8. The van der Waals surface area contributed by atoms with Crippen LogP contribution in [0.3, 0.4) is 0 Å². The molecule has 15 heteroatoms. The van der Waals surface area contributed by atoms with E-state index in [1.54, 1.807) is 13.8 Å². The first kappa shape index (κ1) is 30.7. The monoisotopic (exact) mass is 516 g/mol. The van der Waals surface area contributed by atoms with Crippen LogP contribution in [0.1, 0.15) is 40.0 Å². The van der Waals surface area contributed by atoms with Crippen molar-refractivity contribution in [1.29, 1.82) is 0 Å². The Bertz CT molecular complexity index is 850. The van der Waals surface area contributed by atoms with Crippen molar-refractivity contribution in [1.82, 2.24) is 20.9 Å². The molecule has 0 aromatic rings. The number of nitrogens with zero attached hydrogens (tertiary/aromatic N) is 1. The van der Waals surface area contributed by atoms with Crippen LogP contribution in [0.25, 0.3) is 0 Å². The second-order valence-corrected chi connectivity index (χ2v) is 9.01. The van der Waals surface area contributed by atoms with E-state index in [1.807, 2.05) is 0 Å². The number of amides is 5. The third kappa shape index (κ3) is 8.42. The van der Waals surface area contributed by atoms with Gasteiger partial charge in [-0.2, -0.15) is 0 Å². The summed E-state index contributed by atoms with van der Waals surface area (Å²) in [6.45, 7) is 3.62. The summed E-state index contributed by atoms with van der Waals surface area (Å²) in [4.78, 5) is 74.2. The number of rotatable bonds is 13. The summed E-state index contributed by atoms with van der Waals surface area (Å²) in [7, 11) is 0. The zero-order valence-corrected chi connectivity index (χ0v) is 20.5. The van der Waals surface area contributed by atoms with Gasteiger partial charge in [0, 0.05) is 6.54 Å². The lowest BCUT2D eigenvalue weighted by atomic mass is 10.0. The molecule has 36 heavy (non-hydrogen) atoms. The van der Waals surface area contributed by atoms with Crippen molar-refractivity contribution in [2.45, 2.75) is 76.3 Å². The van der Waals surface area contributed by atoms with E-state index in [0.29, 0.717) is 6.42 Å². The number of hydrogen-bond donors (Lipinski definition) is 8. The molecular weight excluding hydrogens is 480 g/mol. The highest BCUT2D eigenvalue weighted by Gasteiger charge is 2.39. The van der Waals surface area contributed by atoms with Gasteiger partial charge in [0.1, 0.15) is 24.2 Å². The van der Waals surface area contributed by atoms with Crippen molar-refractivity contribution >= 4 is 35.5 Å². The first-order valence-electron chi connectivity index (χ1n) is 11.5. The summed E-state index contributed by atoms with van der Waals surface area (Å²) in [5, 5.41) is 35.6. The molecule has 1 heterocycles. The molecule has 0 aromatic heterocycles. The van der Waals surface area contributed by atoms with Crippen LogP contribution in [0.4, 0.5) is 0 Å². The lowest BCUT2D eigenvalue weighted by molar-refractivity contribution is -0.144. The van der Waals surface area contributed by atoms with Gasteiger partial charge in [0.25, 0.3) is 0 Å². The lowest BCUT2D eigenvalue weighted by Gasteiger charge is -2.29. The highest BCUT2D eigenvalue weighted by molar-refractivity contribution is 5.96. The van der Waals surface area contributed by atoms with Gasteiger partial charge < -0.3 is 47.6 Å². The molecule has 1 fully saturated rings. The van der Waals surface area contributed by atoms with E-state index in [1.165, 1.54) is 11.8 Å². The minimum absolute atomic E-state index is 0.183. The van der Waals surface area contributed by atoms with Crippen molar-refractivity contribution < 1.29 is 44.1 Å².